The van der Waals surface area contributed by atoms with E-state index in [-0.39, 0.29) is 6.03 Å². The lowest BCUT2D eigenvalue weighted by Crippen LogP contribution is -2.19. The number of carbonyl (C=O) groups is 1. The molecule has 0 bridgehead atoms. The molecular formula is C22H20N4O. The number of pyridine rings is 1. The van der Waals surface area contributed by atoms with Gasteiger partial charge in [0.25, 0.3) is 0 Å². The molecule has 0 aliphatic carbocycles. The maximum Gasteiger partial charge on any atom is 0.323 e. The fourth-order valence-corrected chi connectivity index (χ4v) is 2.88. The molecule has 0 saturated heterocycles. The molecular weight excluding hydrogens is 336 g/mol. The molecule has 4 aromatic rings. The van der Waals surface area contributed by atoms with E-state index in [1.807, 2.05) is 72.2 Å². The number of hydrogen-bond donors (Lipinski definition) is 2. The van der Waals surface area contributed by atoms with E-state index in [1.54, 1.807) is 0 Å². The van der Waals surface area contributed by atoms with Crippen molar-refractivity contribution < 1.29 is 4.79 Å². The first-order chi connectivity index (χ1) is 13.1. The molecule has 0 fully saturated rings. The van der Waals surface area contributed by atoms with Gasteiger partial charge in [0.15, 0.2) is 0 Å². The van der Waals surface area contributed by atoms with Crippen molar-refractivity contribution >= 4 is 23.1 Å². The van der Waals surface area contributed by atoms with Crippen molar-refractivity contribution in [2.45, 2.75) is 13.8 Å². The van der Waals surface area contributed by atoms with E-state index in [0.717, 1.165) is 33.8 Å². The number of anilines is 2. The second-order valence-corrected chi connectivity index (χ2v) is 6.62. The second kappa shape index (κ2) is 6.96. The van der Waals surface area contributed by atoms with E-state index in [2.05, 4.69) is 34.7 Å². The summed E-state index contributed by atoms with van der Waals surface area (Å²) >= 11 is 0. The number of urea groups is 1. The average Bonchev–Trinajstić information content (AvgIpc) is 3.07. The third-order valence-electron chi connectivity index (χ3n) is 4.36. The number of nitrogens with zero attached hydrogens (tertiary/aromatic N) is 2. The van der Waals surface area contributed by atoms with Gasteiger partial charge >= 0.3 is 6.03 Å². The van der Waals surface area contributed by atoms with Crippen LogP contribution in [-0.2, 0) is 0 Å². The predicted octanol–water partition coefficient (Wildman–Crippen LogP) is 5.26. The Hall–Kier alpha value is -3.60. The number of aryl methyl sites for hydroxylation is 2. The smallest absolute Gasteiger partial charge is 0.308 e. The molecule has 2 N–H and O–H groups in total. The van der Waals surface area contributed by atoms with Crippen molar-refractivity contribution in [2.75, 3.05) is 10.6 Å². The van der Waals surface area contributed by atoms with Crippen LogP contribution in [-0.4, -0.2) is 15.4 Å². The van der Waals surface area contributed by atoms with Crippen LogP contribution in [0.25, 0.3) is 16.9 Å². The van der Waals surface area contributed by atoms with Crippen molar-refractivity contribution in [3.05, 3.63) is 84.2 Å². The summed E-state index contributed by atoms with van der Waals surface area (Å²) in [6.07, 6.45) is 4.01. The maximum atomic E-state index is 12.1. The first-order valence-electron chi connectivity index (χ1n) is 8.77. The molecule has 0 aliphatic rings. The minimum atomic E-state index is -0.269. The molecule has 27 heavy (non-hydrogen) atoms. The fraction of sp³-hybridized carbons (Fsp3) is 0.0909. The average molecular weight is 356 g/mol. The highest BCUT2D eigenvalue weighted by Gasteiger charge is 2.06. The van der Waals surface area contributed by atoms with Crippen molar-refractivity contribution in [2.24, 2.45) is 0 Å². The van der Waals surface area contributed by atoms with Gasteiger partial charge in [-0.1, -0.05) is 29.8 Å². The van der Waals surface area contributed by atoms with Crippen molar-refractivity contribution in [3.63, 3.8) is 0 Å². The van der Waals surface area contributed by atoms with Crippen LogP contribution in [0.3, 0.4) is 0 Å². The maximum absolute atomic E-state index is 12.1. The molecule has 2 amide bonds. The van der Waals surface area contributed by atoms with E-state index < -0.39 is 0 Å². The number of benzene rings is 2. The summed E-state index contributed by atoms with van der Waals surface area (Å²) in [5.74, 6) is 0. The molecule has 0 unspecified atom stereocenters. The molecule has 0 atom stereocenters. The number of imidazole rings is 1. The third kappa shape index (κ3) is 3.82. The number of carbonyl (C=O) groups excluding carboxylic acids is 1. The number of nitrogens with one attached hydrogen (secondary N) is 2. The van der Waals surface area contributed by atoms with Crippen LogP contribution in [0.5, 0.6) is 0 Å². The molecule has 0 spiro atoms. The van der Waals surface area contributed by atoms with Gasteiger partial charge < -0.3 is 15.0 Å². The second-order valence-electron chi connectivity index (χ2n) is 6.62. The Morgan fingerprint density at radius 2 is 1.48 bits per heavy atom. The van der Waals surface area contributed by atoms with Crippen molar-refractivity contribution in [1.29, 1.82) is 0 Å². The van der Waals surface area contributed by atoms with E-state index in [9.17, 15) is 4.79 Å². The highest BCUT2D eigenvalue weighted by Crippen LogP contribution is 2.22. The molecule has 2 heterocycles. The van der Waals surface area contributed by atoms with E-state index in [1.165, 1.54) is 5.56 Å². The summed E-state index contributed by atoms with van der Waals surface area (Å²) in [4.78, 5) is 16.8. The number of aromatic nitrogens is 2. The highest BCUT2D eigenvalue weighted by molar-refractivity contribution is 5.99. The van der Waals surface area contributed by atoms with Crippen molar-refractivity contribution in [1.82, 2.24) is 9.38 Å². The van der Waals surface area contributed by atoms with E-state index in [0.29, 0.717) is 0 Å². The zero-order valence-corrected chi connectivity index (χ0v) is 15.2. The van der Waals surface area contributed by atoms with Gasteiger partial charge in [-0.15, -0.1) is 0 Å². The standard InChI is InChI=1S/C22H20N4O/c1-15-3-7-18(8-4-15)23-22(27)24-19-9-5-17(6-10-19)20-14-26-12-11-16(2)13-21(26)25-20/h3-14H,1-2H3,(H2,23,24,27). The lowest BCUT2D eigenvalue weighted by molar-refractivity contribution is 0.262. The minimum absolute atomic E-state index is 0.269. The van der Waals surface area contributed by atoms with Crippen LogP contribution in [0, 0.1) is 13.8 Å². The van der Waals surface area contributed by atoms with Crippen LogP contribution in [0.15, 0.2) is 73.1 Å². The molecule has 0 aliphatic heterocycles. The Balaban J connectivity index is 1.46. The van der Waals surface area contributed by atoms with Gasteiger partial charge in [0.2, 0.25) is 0 Å². The zero-order chi connectivity index (χ0) is 18.8. The molecule has 134 valence electrons. The monoisotopic (exact) mass is 356 g/mol. The first kappa shape index (κ1) is 16.8. The number of hydrogen-bond acceptors (Lipinski definition) is 2. The quantitative estimate of drug-likeness (QED) is 0.526. The Labute approximate surface area is 157 Å². The van der Waals surface area contributed by atoms with Crippen LogP contribution in [0.4, 0.5) is 16.2 Å². The van der Waals surface area contributed by atoms with Crippen LogP contribution < -0.4 is 10.6 Å². The summed E-state index contributed by atoms with van der Waals surface area (Å²) < 4.78 is 2.00. The van der Waals surface area contributed by atoms with Gasteiger partial charge in [0.05, 0.1) is 5.69 Å². The van der Waals surface area contributed by atoms with E-state index >= 15 is 0 Å². The summed E-state index contributed by atoms with van der Waals surface area (Å²) in [6, 6.07) is 19.2. The molecule has 0 radical (unpaired) electrons. The van der Waals surface area contributed by atoms with Gasteiger partial charge in [-0.05, 0) is 55.8 Å². The molecule has 5 nitrogen and oxygen atoms in total. The van der Waals surface area contributed by atoms with Gasteiger partial charge in [0, 0.05) is 29.3 Å². The Bertz CT molecular complexity index is 1100. The fourth-order valence-electron chi connectivity index (χ4n) is 2.88. The summed E-state index contributed by atoms with van der Waals surface area (Å²) in [5, 5.41) is 5.66. The van der Waals surface area contributed by atoms with Gasteiger partial charge in [-0.3, -0.25) is 0 Å². The van der Waals surface area contributed by atoms with Crippen LogP contribution in [0.1, 0.15) is 11.1 Å². The topological polar surface area (TPSA) is 58.4 Å². The minimum Gasteiger partial charge on any atom is -0.308 e. The largest absolute Gasteiger partial charge is 0.323 e. The Kier molecular flexibility index (Phi) is 4.34. The summed E-state index contributed by atoms with van der Waals surface area (Å²) in [5.41, 5.74) is 6.64. The first-order valence-corrected chi connectivity index (χ1v) is 8.77. The van der Waals surface area contributed by atoms with Crippen LogP contribution in [0.2, 0.25) is 0 Å². The highest BCUT2D eigenvalue weighted by atomic mass is 16.2. The molecule has 2 aromatic heterocycles. The predicted molar refractivity (Wildman–Crippen MR) is 109 cm³/mol. The normalized spacial score (nSPS) is 10.7. The van der Waals surface area contributed by atoms with Gasteiger partial charge in [0.1, 0.15) is 5.65 Å². The summed E-state index contributed by atoms with van der Waals surface area (Å²) in [7, 11) is 0. The number of amides is 2. The number of rotatable bonds is 3. The molecule has 4 rings (SSSR count). The Morgan fingerprint density at radius 3 is 2.15 bits per heavy atom. The van der Waals surface area contributed by atoms with Crippen LogP contribution >= 0.6 is 0 Å². The molecule has 0 saturated carbocycles. The lowest BCUT2D eigenvalue weighted by Gasteiger charge is -2.08. The SMILES string of the molecule is Cc1ccc(NC(=O)Nc2ccc(-c3cn4ccc(C)cc4n3)cc2)cc1. The summed E-state index contributed by atoms with van der Waals surface area (Å²) in [6.45, 7) is 4.06. The van der Waals surface area contributed by atoms with Gasteiger partial charge in [-0.25, -0.2) is 9.78 Å². The van der Waals surface area contributed by atoms with Crippen molar-refractivity contribution in [3.8, 4) is 11.3 Å². The Morgan fingerprint density at radius 1 is 0.852 bits per heavy atom. The van der Waals surface area contributed by atoms with E-state index in [4.69, 9.17) is 0 Å². The third-order valence-corrected chi connectivity index (χ3v) is 4.36. The molecule has 5 heteroatoms. The number of fused-ring (bicyclic) bond motifs is 1. The van der Waals surface area contributed by atoms with Gasteiger partial charge in [-0.2, -0.15) is 0 Å². The molecule has 2 aromatic carbocycles. The lowest BCUT2D eigenvalue weighted by atomic mass is 10.1. The zero-order valence-electron chi connectivity index (χ0n) is 15.2.